The van der Waals surface area contributed by atoms with E-state index in [1.165, 1.54) is 30.7 Å². The molecule has 2 aromatic rings. The number of hydrogen-bond donors (Lipinski definition) is 1. The van der Waals surface area contributed by atoms with Crippen LogP contribution < -0.4 is 5.32 Å². The molecule has 1 aromatic heterocycles. The van der Waals surface area contributed by atoms with Gasteiger partial charge in [0.25, 0.3) is 0 Å². The Hall–Kier alpha value is -1.61. The highest BCUT2D eigenvalue weighted by Gasteiger charge is 2.09. The van der Waals surface area contributed by atoms with Gasteiger partial charge in [0.05, 0.1) is 0 Å². The van der Waals surface area contributed by atoms with Crippen LogP contribution in [0.5, 0.6) is 0 Å². The Morgan fingerprint density at radius 1 is 1.14 bits per heavy atom. The molecule has 0 amide bonds. The van der Waals surface area contributed by atoms with Crippen LogP contribution in [0.2, 0.25) is 0 Å². The molecule has 1 atom stereocenters. The second-order valence-corrected chi connectivity index (χ2v) is 5.63. The zero-order valence-corrected chi connectivity index (χ0v) is 13.3. The quantitative estimate of drug-likeness (QED) is 0.765. The average molecular weight is 285 g/mol. The van der Waals surface area contributed by atoms with Crippen molar-refractivity contribution in [1.29, 1.82) is 0 Å². The van der Waals surface area contributed by atoms with E-state index in [1.807, 2.05) is 12.4 Å². The summed E-state index contributed by atoms with van der Waals surface area (Å²) in [6.07, 6.45) is 9.75. The third-order valence-corrected chi connectivity index (χ3v) is 3.99. The molecule has 0 radical (unpaired) electrons. The van der Waals surface area contributed by atoms with E-state index < -0.39 is 0 Å². The maximum atomic E-state index is 4.41. The number of hydrogen-bond acceptors (Lipinski definition) is 2. The number of nitrogens with one attached hydrogen (secondary N) is 1. The fourth-order valence-electron chi connectivity index (χ4n) is 2.78. The molecule has 1 aromatic carbocycles. The number of aromatic nitrogens is 2. The summed E-state index contributed by atoms with van der Waals surface area (Å²) >= 11 is 0. The van der Waals surface area contributed by atoms with Crippen molar-refractivity contribution < 1.29 is 0 Å². The molecule has 1 heterocycles. The van der Waals surface area contributed by atoms with Gasteiger partial charge >= 0.3 is 0 Å². The lowest BCUT2D eigenvalue weighted by Crippen LogP contribution is -2.29. The van der Waals surface area contributed by atoms with Gasteiger partial charge in [-0.1, -0.05) is 37.3 Å². The maximum Gasteiger partial charge on any atom is 0.108 e. The van der Waals surface area contributed by atoms with E-state index in [0.29, 0.717) is 6.04 Å². The van der Waals surface area contributed by atoms with Gasteiger partial charge in [-0.2, -0.15) is 0 Å². The molecule has 21 heavy (non-hydrogen) atoms. The van der Waals surface area contributed by atoms with Gasteiger partial charge in [-0.05, 0) is 37.8 Å². The minimum absolute atomic E-state index is 0.593. The molecule has 0 spiro atoms. The molecule has 2 rings (SSSR count). The highest BCUT2D eigenvalue weighted by atomic mass is 15.0. The van der Waals surface area contributed by atoms with Crippen LogP contribution in [-0.4, -0.2) is 22.1 Å². The van der Waals surface area contributed by atoms with Gasteiger partial charge in [0.1, 0.15) is 5.82 Å². The van der Waals surface area contributed by atoms with Gasteiger partial charge in [-0.25, -0.2) is 4.98 Å². The van der Waals surface area contributed by atoms with Crippen molar-refractivity contribution in [3.8, 4) is 0 Å². The Labute approximate surface area is 128 Å². The molecular weight excluding hydrogens is 258 g/mol. The van der Waals surface area contributed by atoms with Crippen LogP contribution in [0.1, 0.15) is 37.6 Å². The van der Waals surface area contributed by atoms with Crippen molar-refractivity contribution in [3.63, 3.8) is 0 Å². The van der Waals surface area contributed by atoms with Crippen LogP contribution >= 0.6 is 0 Å². The zero-order valence-electron chi connectivity index (χ0n) is 13.3. The van der Waals surface area contributed by atoms with Gasteiger partial charge < -0.3 is 9.88 Å². The Kier molecular flexibility index (Phi) is 6.48. The molecule has 1 N–H and O–H groups in total. The second-order valence-electron chi connectivity index (χ2n) is 5.63. The van der Waals surface area contributed by atoms with Crippen molar-refractivity contribution in [3.05, 3.63) is 54.1 Å². The lowest BCUT2D eigenvalue weighted by molar-refractivity contribution is 0.446. The molecule has 0 aliphatic carbocycles. The van der Waals surface area contributed by atoms with Crippen molar-refractivity contribution in [1.82, 2.24) is 14.9 Å². The first kappa shape index (κ1) is 15.8. The third-order valence-electron chi connectivity index (χ3n) is 3.99. The first-order chi connectivity index (χ1) is 10.3. The summed E-state index contributed by atoms with van der Waals surface area (Å²) in [6, 6.07) is 11.4. The molecule has 114 valence electrons. The van der Waals surface area contributed by atoms with Crippen LogP contribution in [0, 0.1) is 0 Å². The van der Waals surface area contributed by atoms with Gasteiger partial charge in [-0.3, -0.25) is 0 Å². The minimum Gasteiger partial charge on any atom is -0.338 e. The minimum atomic E-state index is 0.593. The van der Waals surface area contributed by atoms with E-state index in [-0.39, 0.29) is 0 Å². The van der Waals surface area contributed by atoms with Gasteiger partial charge in [-0.15, -0.1) is 0 Å². The highest BCUT2D eigenvalue weighted by Crippen LogP contribution is 2.11. The van der Waals surface area contributed by atoms with E-state index in [0.717, 1.165) is 19.4 Å². The molecule has 3 nitrogen and oxygen atoms in total. The van der Waals surface area contributed by atoms with Crippen molar-refractivity contribution in [2.45, 2.75) is 45.1 Å². The average Bonchev–Trinajstić information content (AvgIpc) is 2.91. The monoisotopic (exact) mass is 285 g/mol. The molecule has 0 bridgehead atoms. The predicted octanol–water partition coefficient (Wildman–Crippen LogP) is 3.35. The molecule has 0 fully saturated rings. The summed E-state index contributed by atoms with van der Waals surface area (Å²) in [6.45, 7) is 3.22. The molecule has 1 unspecified atom stereocenters. The number of rotatable bonds is 9. The van der Waals surface area contributed by atoms with Crippen LogP contribution in [-0.2, 0) is 19.9 Å². The summed E-state index contributed by atoms with van der Waals surface area (Å²) in [4.78, 5) is 4.41. The first-order valence-corrected chi connectivity index (χ1v) is 8.03. The zero-order chi connectivity index (χ0) is 14.9. The fourth-order valence-corrected chi connectivity index (χ4v) is 2.78. The largest absolute Gasteiger partial charge is 0.338 e. The van der Waals surface area contributed by atoms with Gasteiger partial charge in [0.15, 0.2) is 0 Å². The summed E-state index contributed by atoms with van der Waals surface area (Å²) in [5.74, 6) is 1.18. The summed E-state index contributed by atoms with van der Waals surface area (Å²) < 4.78 is 2.12. The summed E-state index contributed by atoms with van der Waals surface area (Å²) in [5, 5.41) is 3.61. The lowest BCUT2D eigenvalue weighted by atomic mass is 10.0. The topological polar surface area (TPSA) is 29.9 Å². The molecule has 0 saturated heterocycles. The summed E-state index contributed by atoms with van der Waals surface area (Å²) in [7, 11) is 2.07. The molecule has 0 aliphatic heterocycles. The second kappa shape index (κ2) is 8.63. The third kappa shape index (κ3) is 5.35. The fraction of sp³-hybridized carbons (Fsp3) is 0.500. The maximum absolute atomic E-state index is 4.41. The molecule has 0 saturated carbocycles. The van der Waals surface area contributed by atoms with Crippen LogP contribution in [0.3, 0.4) is 0 Å². The van der Waals surface area contributed by atoms with Gasteiger partial charge in [0, 0.05) is 31.9 Å². The Morgan fingerprint density at radius 2 is 1.95 bits per heavy atom. The van der Waals surface area contributed by atoms with Gasteiger partial charge in [0.2, 0.25) is 0 Å². The molecule has 3 heteroatoms. The number of aryl methyl sites for hydroxylation is 3. The number of benzene rings is 1. The van der Waals surface area contributed by atoms with Crippen LogP contribution in [0.15, 0.2) is 42.7 Å². The lowest BCUT2D eigenvalue weighted by Gasteiger charge is -2.17. The molecular formula is C18H27N3. The van der Waals surface area contributed by atoms with Crippen molar-refractivity contribution in [2.24, 2.45) is 7.05 Å². The number of imidazole rings is 1. The number of nitrogens with zero attached hydrogens (tertiary/aromatic N) is 2. The van der Waals surface area contributed by atoms with Crippen LogP contribution in [0.4, 0.5) is 0 Å². The van der Waals surface area contributed by atoms with Crippen LogP contribution in [0.25, 0.3) is 0 Å². The van der Waals surface area contributed by atoms with E-state index in [4.69, 9.17) is 0 Å². The summed E-state index contributed by atoms with van der Waals surface area (Å²) in [5.41, 5.74) is 1.44. The predicted molar refractivity (Wildman–Crippen MR) is 88.4 cm³/mol. The Bertz CT molecular complexity index is 504. The van der Waals surface area contributed by atoms with E-state index in [9.17, 15) is 0 Å². The Morgan fingerprint density at radius 3 is 2.62 bits per heavy atom. The smallest absolute Gasteiger partial charge is 0.108 e. The van der Waals surface area contributed by atoms with E-state index >= 15 is 0 Å². The standard InChI is InChI=1S/C18H27N3/c1-3-19-17(12-13-18-20-14-15-21(18)2)11-7-10-16-8-5-4-6-9-16/h4-6,8-9,14-15,17,19H,3,7,10-13H2,1-2H3. The van der Waals surface area contributed by atoms with E-state index in [1.54, 1.807) is 0 Å². The highest BCUT2D eigenvalue weighted by molar-refractivity contribution is 5.14. The Balaban J connectivity index is 1.75. The van der Waals surface area contributed by atoms with E-state index in [2.05, 4.69) is 59.2 Å². The normalized spacial score (nSPS) is 12.5. The first-order valence-electron chi connectivity index (χ1n) is 8.03. The SMILES string of the molecule is CCNC(CCCc1ccccc1)CCc1nccn1C. The van der Waals surface area contributed by atoms with Crippen molar-refractivity contribution in [2.75, 3.05) is 6.54 Å². The molecule has 0 aliphatic rings. The van der Waals surface area contributed by atoms with Crippen molar-refractivity contribution >= 4 is 0 Å².